The molecule has 0 saturated carbocycles. The van der Waals surface area contributed by atoms with Gasteiger partial charge in [-0.25, -0.2) is 8.42 Å². The van der Waals surface area contributed by atoms with Crippen LogP contribution in [-0.4, -0.2) is 38.1 Å². The van der Waals surface area contributed by atoms with E-state index in [-0.39, 0.29) is 18.0 Å². The Hall–Kier alpha value is -1.86. The van der Waals surface area contributed by atoms with Crippen molar-refractivity contribution in [1.82, 2.24) is 9.46 Å². The van der Waals surface area contributed by atoms with Crippen molar-refractivity contribution in [2.75, 3.05) is 20.2 Å². The third-order valence-electron chi connectivity index (χ3n) is 3.64. The van der Waals surface area contributed by atoms with E-state index in [0.717, 1.165) is 16.9 Å². The first-order valence-corrected chi connectivity index (χ1v) is 8.76. The molecule has 1 aromatic carbocycles. The SMILES string of the molecule is Cc1ccc(C)c(OCCN(C)S(=O)(=O)c2c(C)noc2C)c1. The quantitative estimate of drug-likeness (QED) is 0.809. The molecule has 23 heavy (non-hydrogen) atoms. The topological polar surface area (TPSA) is 72.6 Å². The Kier molecular flexibility index (Phi) is 5.11. The van der Waals surface area contributed by atoms with E-state index in [0.29, 0.717) is 11.5 Å². The van der Waals surface area contributed by atoms with Gasteiger partial charge in [0.05, 0.1) is 0 Å². The maximum atomic E-state index is 12.6. The van der Waals surface area contributed by atoms with Crippen LogP contribution in [0.15, 0.2) is 27.6 Å². The molecule has 0 bridgehead atoms. The van der Waals surface area contributed by atoms with Crippen LogP contribution >= 0.6 is 0 Å². The van der Waals surface area contributed by atoms with E-state index in [1.165, 1.54) is 11.4 Å². The summed E-state index contributed by atoms with van der Waals surface area (Å²) in [7, 11) is -2.11. The number of nitrogens with zero attached hydrogens (tertiary/aromatic N) is 2. The summed E-state index contributed by atoms with van der Waals surface area (Å²) in [4.78, 5) is 0.131. The van der Waals surface area contributed by atoms with Crippen LogP contribution in [0.3, 0.4) is 0 Å². The number of aryl methyl sites for hydroxylation is 4. The van der Waals surface area contributed by atoms with Crippen molar-refractivity contribution in [2.45, 2.75) is 32.6 Å². The minimum atomic E-state index is -3.63. The molecule has 2 rings (SSSR count). The molecule has 2 aromatic rings. The second-order valence-electron chi connectivity index (χ2n) is 5.60. The molecule has 0 atom stereocenters. The van der Waals surface area contributed by atoms with Crippen LogP contribution in [0.1, 0.15) is 22.6 Å². The van der Waals surface area contributed by atoms with Crippen LogP contribution in [0, 0.1) is 27.7 Å². The molecule has 0 aliphatic carbocycles. The van der Waals surface area contributed by atoms with Gasteiger partial charge >= 0.3 is 0 Å². The molecular formula is C16H22N2O4S. The highest BCUT2D eigenvalue weighted by molar-refractivity contribution is 7.89. The average Bonchev–Trinajstić information content (AvgIpc) is 2.82. The van der Waals surface area contributed by atoms with Crippen LogP contribution in [0.25, 0.3) is 0 Å². The molecule has 0 saturated heterocycles. The number of benzene rings is 1. The van der Waals surface area contributed by atoms with Crippen molar-refractivity contribution in [2.24, 2.45) is 0 Å². The fraction of sp³-hybridized carbons (Fsp3) is 0.438. The van der Waals surface area contributed by atoms with Crippen molar-refractivity contribution in [3.8, 4) is 5.75 Å². The lowest BCUT2D eigenvalue weighted by Crippen LogP contribution is -2.31. The average molecular weight is 338 g/mol. The minimum absolute atomic E-state index is 0.131. The van der Waals surface area contributed by atoms with E-state index in [9.17, 15) is 8.42 Å². The fourth-order valence-electron chi connectivity index (χ4n) is 2.27. The predicted molar refractivity (Wildman–Crippen MR) is 87.2 cm³/mol. The first-order chi connectivity index (χ1) is 10.7. The van der Waals surface area contributed by atoms with E-state index in [1.807, 2.05) is 32.0 Å². The Labute approximate surface area is 137 Å². The largest absolute Gasteiger partial charge is 0.492 e. The Morgan fingerprint density at radius 1 is 1.22 bits per heavy atom. The first kappa shape index (κ1) is 17.5. The molecule has 0 unspecified atom stereocenters. The van der Waals surface area contributed by atoms with Crippen LogP contribution < -0.4 is 4.74 Å². The number of rotatable bonds is 6. The van der Waals surface area contributed by atoms with Crippen molar-refractivity contribution in [1.29, 1.82) is 0 Å². The second kappa shape index (κ2) is 6.72. The van der Waals surface area contributed by atoms with Crippen LogP contribution in [0.4, 0.5) is 0 Å². The maximum absolute atomic E-state index is 12.6. The predicted octanol–water partition coefficient (Wildman–Crippen LogP) is 2.61. The summed E-state index contributed by atoms with van der Waals surface area (Å²) in [6.07, 6.45) is 0. The summed E-state index contributed by atoms with van der Waals surface area (Å²) in [5.74, 6) is 1.07. The maximum Gasteiger partial charge on any atom is 0.248 e. The van der Waals surface area contributed by atoms with Crippen LogP contribution in [0.2, 0.25) is 0 Å². The Morgan fingerprint density at radius 2 is 1.91 bits per heavy atom. The molecule has 6 nitrogen and oxygen atoms in total. The number of hydrogen-bond acceptors (Lipinski definition) is 5. The number of aromatic nitrogens is 1. The van der Waals surface area contributed by atoms with E-state index in [2.05, 4.69) is 5.16 Å². The van der Waals surface area contributed by atoms with E-state index in [4.69, 9.17) is 9.26 Å². The van der Waals surface area contributed by atoms with Gasteiger partial charge in [-0.1, -0.05) is 17.3 Å². The fourth-order valence-corrected chi connectivity index (χ4v) is 3.70. The highest BCUT2D eigenvalue weighted by Crippen LogP contribution is 2.23. The second-order valence-corrected chi connectivity index (χ2v) is 7.58. The molecule has 1 heterocycles. The summed E-state index contributed by atoms with van der Waals surface area (Å²) < 4.78 is 37.1. The number of hydrogen-bond donors (Lipinski definition) is 0. The lowest BCUT2D eigenvalue weighted by Gasteiger charge is -2.18. The lowest BCUT2D eigenvalue weighted by atomic mass is 10.1. The molecule has 0 spiro atoms. The van der Waals surface area contributed by atoms with Crippen LogP contribution in [-0.2, 0) is 10.0 Å². The van der Waals surface area contributed by atoms with Gasteiger partial charge in [-0.15, -0.1) is 0 Å². The Bertz CT molecular complexity index is 777. The van der Waals surface area contributed by atoms with Gasteiger partial charge in [0, 0.05) is 13.6 Å². The molecule has 0 amide bonds. The summed E-state index contributed by atoms with van der Waals surface area (Å²) in [5.41, 5.74) is 2.49. The normalized spacial score (nSPS) is 11.9. The molecule has 126 valence electrons. The van der Waals surface area contributed by atoms with E-state index < -0.39 is 10.0 Å². The van der Waals surface area contributed by atoms with Crippen LogP contribution in [0.5, 0.6) is 5.75 Å². The molecule has 7 heteroatoms. The van der Waals surface area contributed by atoms with Crippen molar-refractivity contribution >= 4 is 10.0 Å². The third-order valence-corrected chi connectivity index (χ3v) is 5.75. The molecule has 0 N–H and O–H groups in total. The van der Waals surface area contributed by atoms with Crippen molar-refractivity contribution in [3.05, 3.63) is 40.8 Å². The van der Waals surface area contributed by atoms with E-state index >= 15 is 0 Å². The van der Waals surface area contributed by atoms with Gasteiger partial charge < -0.3 is 9.26 Å². The van der Waals surface area contributed by atoms with E-state index in [1.54, 1.807) is 13.8 Å². The lowest BCUT2D eigenvalue weighted by molar-refractivity contribution is 0.285. The van der Waals surface area contributed by atoms with Crippen molar-refractivity contribution in [3.63, 3.8) is 0 Å². The number of likely N-dealkylation sites (N-methyl/N-ethyl adjacent to an activating group) is 1. The summed E-state index contributed by atoms with van der Waals surface area (Å²) >= 11 is 0. The standard InChI is InChI=1S/C16H22N2O4S/c1-11-6-7-12(2)15(10-11)21-9-8-18(5)23(19,20)16-13(3)17-22-14(16)4/h6-7,10H,8-9H2,1-5H3. The van der Waals surface area contributed by atoms with Gasteiger partial charge in [-0.05, 0) is 44.9 Å². The first-order valence-electron chi connectivity index (χ1n) is 7.32. The van der Waals surface area contributed by atoms with Gasteiger partial charge in [-0.2, -0.15) is 4.31 Å². The number of ether oxygens (including phenoxy) is 1. The molecule has 0 radical (unpaired) electrons. The molecular weight excluding hydrogens is 316 g/mol. The zero-order chi connectivity index (χ0) is 17.2. The summed E-state index contributed by atoms with van der Waals surface area (Å²) in [6.45, 7) is 7.65. The van der Waals surface area contributed by atoms with Gasteiger partial charge in [0.25, 0.3) is 0 Å². The van der Waals surface area contributed by atoms with Gasteiger partial charge in [-0.3, -0.25) is 0 Å². The Balaban J connectivity index is 2.05. The third kappa shape index (κ3) is 3.73. The summed E-state index contributed by atoms with van der Waals surface area (Å²) in [5, 5.41) is 3.70. The molecule has 1 aromatic heterocycles. The zero-order valence-electron chi connectivity index (χ0n) is 14.1. The molecule has 0 aliphatic rings. The van der Waals surface area contributed by atoms with Gasteiger partial charge in [0.2, 0.25) is 10.0 Å². The molecule has 0 fully saturated rings. The highest BCUT2D eigenvalue weighted by Gasteiger charge is 2.28. The number of sulfonamides is 1. The minimum Gasteiger partial charge on any atom is -0.492 e. The highest BCUT2D eigenvalue weighted by atomic mass is 32.2. The van der Waals surface area contributed by atoms with Gasteiger partial charge in [0.1, 0.15) is 22.9 Å². The monoisotopic (exact) mass is 338 g/mol. The Morgan fingerprint density at radius 3 is 2.52 bits per heavy atom. The smallest absolute Gasteiger partial charge is 0.248 e. The summed E-state index contributed by atoms with van der Waals surface area (Å²) in [6, 6.07) is 5.93. The zero-order valence-corrected chi connectivity index (χ0v) is 14.9. The van der Waals surface area contributed by atoms with Crippen molar-refractivity contribution < 1.29 is 17.7 Å². The molecule has 0 aliphatic heterocycles. The van der Waals surface area contributed by atoms with Gasteiger partial charge in [0.15, 0.2) is 5.76 Å².